The van der Waals surface area contributed by atoms with E-state index in [0.717, 1.165) is 11.2 Å². The van der Waals surface area contributed by atoms with Gasteiger partial charge in [0.2, 0.25) is 5.82 Å². The lowest BCUT2D eigenvalue weighted by Crippen LogP contribution is -2.21. The van der Waals surface area contributed by atoms with E-state index in [0.29, 0.717) is 5.82 Å². The first-order valence-corrected chi connectivity index (χ1v) is 7.64. The molecule has 24 heavy (non-hydrogen) atoms. The average Bonchev–Trinajstić information content (AvgIpc) is 2.97. The molecule has 0 aromatic carbocycles. The number of rotatable bonds is 5. The maximum atomic E-state index is 11.3. The van der Waals surface area contributed by atoms with Crippen molar-refractivity contribution in [2.45, 2.75) is 26.8 Å². The molecule has 0 saturated heterocycles. The quantitative estimate of drug-likeness (QED) is 0.571. The Morgan fingerprint density at radius 3 is 2.79 bits per heavy atom. The molecule has 8 nitrogen and oxygen atoms in total. The molecule has 0 aliphatic heterocycles. The van der Waals surface area contributed by atoms with E-state index in [1.807, 2.05) is 42.6 Å². The Morgan fingerprint density at radius 1 is 1.29 bits per heavy atom. The molecule has 8 heteroatoms. The van der Waals surface area contributed by atoms with Crippen molar-refractivity contribution >= 4 is 17.2 Å². The Bertz CT molecular complexity index is 889. The first-order valence-electron chi connectivity index (χ1n) is 7.64. The summed E-state index contributed by atoms with van der Waals surface area (Å²) in [5.74, 6) is 1.05. The van der Waals surface area contributed by atoms with E-state index >= 15 is 0 Å². The number of nitro groups is 1. The summed E-state index contributed by atoms with van der Waals surface area (Å²) in [5, 5.41) is 22.9. The zero-order valence-corrected chi connectivity index (χ0v) is 13.7. The number of fused-ring (bicyclic) bond motifs is 1. The van der Waals surface area contributed by atoms with E-state index in [4.69, 9.17) is 0 Å². The van der Waals surface area contributed by atoms with Gasteiger partial charge in [0.05, 0.1) is 11.0 Å². The van der Waals surface area contributed by atoms with Gasteiger partial charge in [0, 0.05) is 18.5 Å². The molecule has 0 aliphatic carbocycles. The van der Waals surface area contributed by atoms with Crippen LogP contribution >= 0.6 is 0 Å². The zero-order chi connectivity index (χ0) is 17.3. The summed E-state index contributed by atoms with van der Waals surface area (Å²) in [7, 11) is 0. The summed E-state index contributed by atoms with van der Waals surface area (Å²) >= 11 is 0. The van der Waals surface area contributed by atoms with Crippen molar-refractivity contribution in [3.05, 3.63) is 58.2 Å². The molecule has 0 spiro atoms. The minimum atomic E-state index is -0.429. The van der Waals surface area contributed by atoms with Gasteiger partial charge in [-0.05, 0) is 30.5 Å². The number of anilines is 1. The normalized spacial score (nSPS) is 12.5. The van der Waals surface area contributed by atoms with E-state index < -0.39 is 4.92 Å². The standard InChI is InChI=1S/C16H18N6O2/c1-10(2)14(16-20-19-13-6-4-5-7-21(13)16)18-15-12(22(23)24)8-11(3)9-17-15/h4-10,14H,1-3H3,(H,17,18)/t14-/m1/s1. The van der Waals surface area contributed by atoms with Crippen LogP contribution in [0.1, 0.15) is 31.3 Å². The van der Waals surface area contributed by atoms with Crippen molar-refractivity contribution in [1.29, 1.82) is 0 Å². The van der Waals surface area contributed by atoms with Crippen LogP contribution in [-0.4, -0.2) is 24.5 Å². The van der Waals surface area contributed by atoms with Crippen LogP contribution in [0.3, 0.4) is 0 Å². The predicted octanol–water partition coefficient (Wildman–Crippen LogP) is 3.15. The van der Waals surface area contributed by atoms with Gasteiger partial charge < -0.3 is 5.32 Å². The van der Waals surface area contributed by atoms with E-state index in [1.165, 1.54) is 6.07 Å². The molecule has 1 N–H and O–H groups in total. The second kappa shape index (κ2) is 6.23. The van der Waals surface area contributed by atoms with Crippen LogP contribution < -0.4 is 5.32 Å². The minimum absolute atomic E-state index is 0.0468. The highest BCUT2D eigenvalue weighted by Gasteiger charge is 2.25. The van der Waals surface area contributed by atoms with Crippen molar-refractivity contribution in [1.82, 2.24) is 19.6 Å². The van der Waals surface area contributed by atoms with Crippen molar-refractivity contribution in [3.8, 4) is 0 Å². The fraction of sp³-hybridized carbons (Fsp3) is 0.312. The van der Waals surface area contributed by atoms with Crippen LogP contribution in [-0.2, 0) is 0 Å². The molecule has 0 radical (unpaired) electrons. The largest absolute Gasteiger partial charge is 0.354 e. The molecular formula is C16H18N6O2. The summed E-state index contributed by atoms with van der Waals surface area (Å²) in [4.78, 5) is 15.1. The highest BCUT2D eigenvalue weighted by Crippen LogP contribution is 2.30. The number of hydrogen-bond donors (Lipinski definition) is 1. The fourth-order valence-electron chi connectivity index (χ4n) is 2.55. The lowest BCUT2D eigenvalue weighted by molar-refractivity contribution is -0.384. The van der Waals surface area contributed by atoms with E-state index in [9.17, 15) is 10.1 Å². The molecule has 0 bridgehead atoms. The SMILES string of the molecule is Cc1cnc(N[C@@H](c2nnc3ccccn23)C(C)C)c([N+](=O)[O-])c1. The Hall–Kier alpha value is -3.03. The highest BCUT2D eigenvalue weighted by molar-refractivity contribution is 5.57. The van der Waals surface area contributed by atoms with Crippen LogP contribution in [0.25, 0.3) is 5.65 Å². The molecule has 0 aliphatic rings. The third-order valence-corrected chi connectivity index (χ3v) is 3.78. The van der Waals surface area contributed by atoms with Gasteiger partial charge in [-0.15, -0.1) is 10.2 Å². The van der Waals surface area contributed by atoms with Crippen LogP contribution in [0.5, 0.6) is 0 Å². The number of aryl methyl sites for hydroxylation is 1. The van der Waals surface area contributed by atoms with E-state index in [1.54, 1.807) is 13.1 Å². The number of nitrogens with one attached hydrogen (secondary N) is 1. The van der Waals surface area contributed by atoms with Crippen LogP contribution in [0.2, 0.25) is 0 Å². The summed E-state index contributed by atoms with van der Waals surface area (Å²) < 4.78 is 1.87. The Morgan fingerprint density at radius 2 is 2.08 bits per heavy atom. The molecule has 124 valence electrons. The van der Waals surface area contributed by atoms with Crippen molar-refractivity contribution < 1.29 is 4.92 Å². The van der Waals surface area contributed by atoms with Crippen LogP contribution in [0.15, 0.2) is 36.7 Å². The second-order valence-corrected chi connectivity index (χ2v) is 5.99. The zero-order valence-electron chi connectivity index (χ0n) is 13.7. The molecule has 0 saturated carbocycles. The topological polar surface area (TPSA) is 98.2 Å². The smallest absolute Gasteiger partial charge is 0.311 e. The Kier molecular flexibility index (Phi) is 4.11. The van der Waals surface area contributed by atoms with E-state index in [-0.39, 0.29) is 23.5 Å². The maximum Gasteiger partial charge on any atom is 0.311 e. The van der Waals surface area contributed by atoms with Gasteiger partial charge in [-0.25, -0.2) is 4.98 Å². The number of nitrogens with zero attached hydrogens (tertiary/aromatic N) is 5. The molecular weight excluding hydrogens is 308 g/mol. The van der Waals surface area contributed by atoms with Crippen LogP contribution in [0, 0.1) is 23.0 Å². The molecule has 3 rings (SSSR count). The number of pyridine rings is 2. The molecule has 1 atom stereocenters. The van der Waals surface area contributed by atoms with E-state index in [2.05, 4.69) is 20.5 Å². The molecule has 0 fully saturated rings. The first-order chi connectivity index (χ1) is 11.5. The molecule has 0 unspecified atom stereocenters. The lowest BCUT2D eigenvalue weighted by atomic mass is 10.0. The Labute approximate surface area is 138 Å². The number of aromatic nitrogens is 4. The molecule has 0 amide bonds. The highest BCUT2D eigenvalue weighted by atomic mass is 16.6. The molecule has 3 aromatic heterocycles. The van der Waals surface area contributed by atoms with Gasteiger partial charge in [0.25, 0.3) is 0 Å². The van der Waals surface area contributed by atoms with Gasteiger partial charge in [0.15, 0.2) is 11.5 Å². The third kappa shape index (κ3) is 2.90. The third-order valence-electron chi connectivity index (χ3n) is 3.78. The van der Waals surface area contributed by atoms with Gasteiger partial charge in [-0.3, -0.25) is 14.5 Å². The van der Waals surface area contributed by atoms with Crippen molar-refractivity contribution in [2.75, 3.05) is 5.32 Å². The second-order valence-electron chi connectivity index (χ2n) is 5.99. The average molecular weight is 326 g/mol. The summed E-state index contributed by atoms with van der Waals surface area (Å²) in [6.45, 7) is 5.80. The Balaban J connectivity index is 2.03. The minimum Gasteiger partial charge on any atom is -0.354 e. The first kappa shape index (κ1) is 15.9. The van der Waals surface area contributed by atoms with Gasteiger partial charge in [-0.2, -0.15) is 0 Å². The fourth-order valence-corrected chi connectivity index (χ4v) is 2.55. The monoisotopic (exact) mass is 326 g/mol. The van der Waals surface area contributed by atoms with Gasteiger partial charge in [0.1, 0.15) is 0 Å². The predicted molar refractivity (Wildman–Crippen MR) is 89.8 cm³/mol. The molecule has 3 aromatic rings. The summed E-state index contributed by atoms with van der Waals surface area (Å²) in [6, 6.07) is 6.88. The van der Waals surface area contributed by atoms with Crippen molar-refractivity contribution in [2.24, 2.45) is 5.92 Å². The molecule has 3 heterocycles. The van der Waals surface area contributed by atoms with Crippen LogP contribution in [0.4, 0.5) is 11.5 Å². The van der Waals surface area contributed by atoms with Gasteiger partial charge >= 0.3 is 5.69 Å². The maximum absolute atomic E-state index is 11.3. The van der Waals surface area contributed by atoms with Gasteiger partial charge in [-0.1, -0.05) is 19.9 Å². The van der Waals surface area contributed by atoms with Crippen molar-refractivity contribution in [3.63, 3.8) is 0 Å². The summed E-state index contributed by atoms with van der Waals surface area (Å²) in [5.41, 5.74) is 1.42. The lowest BCUT2D eigenvalue weighted by Gasteiger charge is -2.21. The number of hydrogen-bond acceptors (Lipinski definition) is 6. The summed E-state index contributed by atoms with van der Waals surface area (Å²) in [6.07, 6.45) is 3.48.